The molecule has 0 fully saturated rings. The van der Waals surface area contributed by atoms with Crippen LogP contribution in [0.5, 0.6) is 0 Å². The van der Waals surface area contributed by atoms with Crippen molar-refractivity contribution in [2.45, 2.75) is 0 Å². The van der Waals surface area contributed by atoms with Gasteiger partial charge in [-0.2, -0.15) is 0 Å². The third-order valence-corrected chi connectivity index (χ3v) is 6.80. The van der Waals surface area contributed by atoms with Crippen LogP contribution in [-0.4, -0.2) is 9.13 Å². The normalized spacial score (nSPS) is 11.8. The van der Waals surface area contributed by atoms with E-state index in [4.69, 9.17) is 11.6 Å². The first-order chi connectivity index (χ1) is 16.3. The molecule has 0 saturated heterocycles. The van der Waals surface area contributed by atoms with E-state index >= 15 is 0 Å². The summed E-state index contributed by atoms with van der Waals surface area (Å²) in [5, 5.41) is 5.65. The summed E-state index contributed by atoms with van der Waals surface area (Å²) >= 11 is 6.49. The van der Waals surface area contributed by atoms with Crippen LogP contribution in [-0.2, 0) is 0 Å². The second kappa shape index (κ2) is 6.99. The first-order valence-electron chi connectivity index (χ1n) is 11.1. The molecule has 156 valence electrons. The number of hydrogen-bond acceptors (Lipinski definition) is 0. The predicted molar refractivity (Wildman–Crippen MR) is 140 cm³/mol. The molecule has 5 aromatic carbocycles. The van der Waals surface area contributed by atoms with Crippen LogP contribution in [0.25, 0.3) is 55.0 Å². The molecule has 0 saturated carbocycles. The molecule has 0 atom stereocenters. The van der Waals surface area contributed by atoms with Crippen LogP contribution in [0.2, 0.25) is 5.02 Å². The van der Waals surface area contributed by atoms with Gasteiger partial charge < -0.3 is 9.13 Å². The van der Waals surface area contributed by atoms with Gasteiger partial charge in [0.05, 0.1) is 27.8 Å². The van der Waals surface area contributed by atoms with Gasteiger partial charge in [-0.3, -0.25) is 0 Å². The standard InChI is InChI=1S/C30H19ClN2/c31-20-17-18-23-22-11-4-6-13-25(22)33(29(23)19-20)28-16-8-15-27-30(28)24-12-5-7-14-26(24)32(27)21-9-2-1-3-10-21/h1-19H. The Balaban J connectivity index is 1.70. The fraction of sp³-hybridized carbons (Fsp3) is 0. The smallest absolute Gasteiger partial charge is 0.0562 e. The molecule has 0 radical (unpaired) electrons. The summed E-state index contributed by atoms with van der Waals surface area (Å²) in [6, 6.07) is 40.6. The Labute approximate surface area is 195 Å². The van der Waals surface area contributed by atoms with Gasteiger partial charge in [-0.05, 0) is 48.5 Å². The van der Waals surface area contributed by atoms with Crippen molar-refractivity contribution in [3.8, 4) is 11.4 Å². The van der Waals surface area contributed by atoms with Crippen molar-refractivity contribution >= 4 is 55.2 Å². The lowest BCUT2D eigenvalue weighted by Gasteiger charge is -2.11. The minimum absolute atomic E-state index is 0.741. The molecule has 3 heteroatoms. The topological polar surface area (TPSA) is 9.86 Å². The largest absolute Gasteiger partial charge is 0.309 e. The van der Waals surface area contributed by atoms with E-state index in [0.29, 0.717) is 0 Å². The van der Waals surface area contributed by atoms with Crippen LogP contribution in [0.3, 0.4) is 0 Å². The molecule has 0 bridgehead atoms. The number of hydrogen-bond donors (Lipinski definition) is 0. The SMILES string of the molecule is Clc1ccc2c3ccccc3n(-c3cccc4c3c3ccccc3n4-c3ccccc3)c2c1. The summed E-state index contributed by atoms with van der Waals surface area (Å²) in [5.74, 6) is 0. The highest BCUT2D eigenvalue weighted by Crippen LogP contribution is 2.40. The van der Waals surface area contributed by atoms with E-state index < -0.39 is 0 Å². The number of para-hydroxylation sites is 3. The summed E-state index contributed by atoms with van der Waals surface area (Å²) < 4.78 is 4.72. The molecule has 2 nitrogen and oxygen atoms in total. The number of fused-ring (bicyclic) bond motifs is 6. The average Bonchev–Trinajstić information content (AvgIpc) is 3.37. The molecule has 2 heterocycles. The lowest BCUT2D eigenvalue weighted by Crippen LogP contribution is -1.96. The molecular weight excluding hydrogens is 424 g/mol. The van der Waals surface area contributed by atoms with Gasteiger partial charge in [0.1, 0.15) is 0 Å². The highest BCUT2D eigenvalue weighted by atomic mass is 35.5. The Morgan fingerprint density at radius 2 is 1.09 bits per heavy atom. The van der Waals surface area contributed by atoms with E-state index in [1.807, 2.05) is 6.07 Å². The molecule has 2 aromatic heterocycles. The molecule has 7 rings (SSSR count). The maximum absolute atomic E-state index is 6.49. The molecule has 0 spiro atoms. The lowest BCUT2D eigenvalue weighted by atomic mass is 10.1. The zero-order chi connectivity index (χ0) is 21.9. The van der Waals surface area contributed by atoms with Gasteiger partial charge >= 0.3 is 0 Å². The average molecular weight is 443 g/mol. The van der Waals surface area contributed by atoms with Crippen LogP contribution in [0.15, 0.2) is 115 Å². The van der Waals surface area contributed by atoms with Crippen LogP contribution < -0.4 is 0 Å². The van der Waals surface area contributed by atoms with Crippen molar-refractivity contribution < 1.29 is 0 Å². The monoisotopic (exact) mass is 442 g/mol. The number of benzene rings is 5. The molecule has 0 N–H and O–H groups in total. The molecular formula is C30H19ClN2. The minimum atomic E-state index is 0.741. The summed E-state index contributed by atoms with van der Waals surface area (Å²) in [4.78, 5) is 0. The summed E-state index contributed by atoms with van der Waals surface area (Å²) in [7, 11) is 0. The first kappa shape index (κ1) is 18.6. The quantitative estimate of drug-likeness (QED) is 0.254. The fourth-order valence-electron chi connectivity index (χ4n) is 5.25. The fourth-order valence-corrected chi connectivity index (χ4v) is 5.41. The third-order valence-electron chi connectivity index (χ3n) is 6.57. The van der Waals surface area contributed by atoms with Gasteiger partial charge in [-0.1, -0.05) is 78.3 Å². The molecule has 0 amide bonds. The van der Waals surface area contributed by atoms with Crippen molar-refractivity contribution in [1.82, 2.24) is 9.13 Å². The van der Waals surface area contributed by atoms with Gasteiger partial charge in [-0.25, -0.2) is 0 Å². The van der Waals surface area contributed by atoms with E-state index in [9.17, 15) is 0 Å². The molecule has 7 aromatic rings. The molecule has 0 aliphatic heterocycles. The van der Waals surface area contributed by atoms with Crippen LogP contribution >= 0.6 is 11.6 Å². The van der Waals surface area contributed by atoms with Crippen molar-refractivity contribution in [3.63, 3.8) is 0 Å². The van der Waals surface area contributed by atoms with E-state index in [0.717, 1.165) is 21.9 Å². The zero-order valence-electron chi connectivity index (χ0n) is 17.7. The summed E-state index contributed by atoms with van der Waals surface area (Å²) in [6.45, 7) is 0. The Hall–Kier alpha value is -4.01. The maximum Gasteiger partial charge on any atom is 0.0562 e. The van der Waals surface area contributed by atoms with Crippen molar-refractivity contribution in [1.29, 1.82) is 0 Å². The van der Waals surface area contributed by atoms with Crippen LogP contribution in [0.4, 0.5) is 0 Å². The van der Waals surface area contributed by atoms with Crippen LogP contribution in [0.1, 0.15) is 0 Å². The molecule has 0 unspecified atom stereocenters. The van der Waals surface area contributed by atoms with Gasteiger partial charge in [-0.15, -0.1) is 0 Å². The first-order valence-corrected chi connectivity index (χ1v) is 11.5. The van der Waals surface area contributed by atoms with Gasteiger partial charge in [0.25, 0.3) is 0 Å². The lowest BCUT2D eigenvalue weighted by molar-refractivity contribution is 1.17. The van der Waals surface area contributed by atoms with Crippen molar-refractivity contribution in [3.05, 3.63) is 120 Å². The zero-order valence-corrected chi connectivity index (χ0v) is 18.5. The third kappa shape index (κ3) is 2.62. The Morgan fingerprint density at radius 1 is 0.455 bits per heavy atom. The maximum atomic E-state index is 6.49. The van der Waals surface area contributed by atoms with E-state index in [1.54, 1.807) is 0 Å². The molecule has 0 aliphatic carbocycles. The minimum Gasteiger partial charge on any atom is -0.309 e. The molecule has 0 aliphatic rings. The van der Waals surface area contributed by atoms with Crippen molar-refractivity contribution in [2.75, 3.05) is 0 Å². The summed E-state index contributed by atoms with van der Waals surface area (Å²) in [5.41, 5.74) is 7.00. The van der Waals surface area contributed by atoms with Crippen LogP contribution in [0, 0.1) is 0 Å². The number of rotatable bonds is 2. The van der Waals surface area contributed by atoms with Crippen molar-refractivity contribution in [2.24, 2.45) is 0 Å². The second-order valence-corrected chi connectivity index (χ2v) is 8.81. The number of nitrogens with zero attached hydrogens (tertiary/aromatic N) is 2. The summed E-state index contributed by atoms with van der Waals surface area (Å²) in [6.07, 6.45) is 0. The Morgan fingerprint density at radius 3 is 1.91 bits per heavy atom. The predicted octanol–water partition coefficient (Wildman–Crippen LogP) is 8.53. The number of aromatic nitrogens is 2. The number of halogens is 1. The molecule has 33 heavy (non-hydrogen) atoms. The van der Waals surface area contributed by atoms with E-state index in [-0.39, 0.29) is 0 Å². The van der Waals surface area contributed by atoms with E-state index in [1.165, 1.54) is 38.1 Å². The van der Waals surface area contributed by atoms with Gasteiger partial charge in [0.2, 0.25) is 0 Å². The van der Waals surface area contributed by atoms with Gasteiger partial charge in [0, 0.05) is 32.3 Å². The second-order valence-electron chi connectivity index (χ2n) is 8.37. The van der Waals surface area contributed by atoms with E-state index in [2.05, 4.69) is 118 Å². The Bertz CT molecular complexity index is 1820. The highest BCUT2D eigenvalue weighted by Gasteiger charge is 2.19. The highest BCUT2D eigenvalue weighted by molar-refractivity contribution is 6.31. The Kier molecular flexibility index (Phi) is 3.93. The van der Waals surface area contributed by atoms with Gasteiger partial charge in [0.15, 0.2) is 0 Å².